The first-order chi connectivity index (χ1) is 4.27. The van der Waals surface area contributed by atoms with Gasteiger partial charge in [-0.1, -0.05) is 20.8 Å². The Labute approximate surface area is 58.8 Å². The van der Waals surface area contributed by atoms with E-state index in [9.17, 15) is 0 Å². The highest BCUT2D eigenvalue weighted by Crippen LogP contribution is 2.33. The van der Waals surface area contributed by atoms with Gasteiger partial charge in [0.1, 0.15) is 0 Å². The van der Waals surface area contributed by atoms with Gasteiger partial charge in [0, 0.05) is 5.54 Å². The normalized spacial score (nSPS) is 20.0. The first-order valence-electron chi connectivity index (χ1n) is 4.02. The maximum atomic E-state index is 3.40. The summed E-state index contributed by atoms with van der Waals surface area (Å²) in [6.07, 6.45) is 2.75. The molecular formula is C8H19N. The predicted molar refractivity (Wildman–Crippen MR) is 42.7 cm³/mol. The van der Waals surface area contributed by atoms with Crippen LogP contribution in [0.2, 0.25) is 0 Å². The highest BCUT2D eigenvalue weighted by Gasteiger charge is 2.35. The van der Waals surface area contributed by atoms with E-state index in [1.54, 1.807) is 0 Å². The van der Waals surface area contributed by atoms with Crippen molar-refractivity contribution in [2.75, 3.05) is 6.54 Å². The minimum Gasteiger partial charge on any atom is -0.312 e. The molecule has 0 aromatic rings. The van der Waals surface area contributed by atoms with Crippen molar-refractivity contribution in [1.82, 2.24) is 5.32 Å². The van der Waals surface area contributed by atoms with Crippen molar-refractivity contribution in [2.24, 2.45) is 0 Å². The zero-order valence-corrected chi connectivity index (χ0v) is 7.12. The van der Waals surface area contributed by atoms with Crippen molar-refractivity contribution in [3.63, 3.8) is 0 Å². The number of hydrogen-bond acceptors (Lipinski definition) is 1. The first kappa shape index (κ1) is 8.96. The Morgan fingerprint density at radius 3 is 1.89 bits per heavy atom. The Morgan fingerprint density at radius 1 is 1.33 bits per heavy atom. The summed E-state index contributed by atoms with van der Waals surface area (Å²) >= 11 is 0. The van der Waals surface area contributed by atoms with Crippen LogP contribution in [0, 0.1) is 0 Å². The third-order valence-electron chi connectivity index (χ3n) is 1.60. The quantitative estimate of drug-likeness (QED) is 0.602. The van der Waals surface area contributed by atoms with Gasteiger partial charge in [-0.25, -0.2) is 0 Å². The third kappa shape index (κ3) is 3.52. The molecule has 0 spiro atoms. The second kappa shape index (κ2) is 3.89. The van der Waals surface area contributed by atoms with E-state index in [0.29, 0.717) is 5.54 Å². The highest BCUT2D eigenvalue weighted by atomic mass is 15.0. The van der Waals surface area contributed by atoms with Gasteiger partial charge in [-0.05, 0) is 26.3 Å². The molecule has 0 atom stereocenters. The minimum atomic E-state index is 0.550. The van der Waals surface area contributed by atoms with E-state index in [4.69, 9.17) is 0 Å². The van der Waals surface area contributed by atoms with Crippen LogP contribution in [0.4, 0.5) is 0 Å². The standard InChI is InChI=1S/C6H13N.C2H6/c1-3-7-6(2)4-5-6;1-2/h7H,3-5H2,1-2H3;1-2H3. The molecule has 0 bridgehead atoms. The monoisotopic (exact) mass is 129 g/mol. The van der Waals surface area contributed by atoms with Gasteiger partial charge in [-0.3, -0.25) is 0 Å². The van der Waals surface area contributed by atoms with Gasteiger partial charge < -0.3 is 5.32 Å². The second-order valence-corrected chi connectivity index (χ2v) is 2.59. The fourth-order valence-electron chi connectivity index (χ4n) is 0.791. The molecule has 0 heterocycles. The van der Waals surface area contributed by atoms with Crippen LogP contribution >= 0.6 is 0 Å². The Hall–Kier alpha value is -0.0400. The van der Waals surface area contributed by atoms with Gasteiger partial charge in [-0.2, -0.15) is 0 Å². The van der Waals surface area contributed by atoms with Crippen LogP contribution < -0.4 is 5.32 Å². The molecule has 0 unspecified atom stereocenters. The Kier molecular flexibility index (Phi) is 3.87. The maximum absolute atomic E-state index is 3.40. The molecule has 1 fully saturated rings. The van der Waals surface area contributed by atoms with Crippen LogP contribution in [0.5, 0.6) is 0 Å². The SMILES string of the molecule is CC.CCNC1(C)CC1. The zero-order chi connectivity index (χ0) is 7.33. The minimum absolute atomic E-state index is 0.550. The lowest BCUT2D eigenvalue weighted by Gasteiger charge is -2.05. The van der Waals surface area contributed by atoms with E-state index < -0.39 is 0 Å². The molecule has 0 amide bonds. The van der Waals surface area contributed by atoms with Crippen LogP contribution in [-0.2, 0) is 0 Å². The van der Waals surface area contributed by atoms with E-state index in [2.05, 4.69) is 19.2 Å². The average molecular weight is 129 g/mol. The summed E-state index contributed by atoms with van der Waals surface area (Å²) in [5.74, 6) is 0. The van der Waals surface area contributed by atoms with E-state index in [1.165, 1.54) is 12.8 Å². The molecule has 0 aromatic carbocycles. The molecule has 1 saturated carbocycles. The van der Waals surface area contributed by atoms with Gasteiger partial charge in [0.05, 0.1) is 0 Å². The zero-order valence-electron chi connectivity index (χ0n) is 7.12. The Balaban J connectivity index is 0.000000291. The average Bonchev–Trinajstić information content (AvgIpc) is 2.55. The molecule has 1 aliphatic rings. The molecular weight excluding hydrogens is 110 g/mol. The van der Waals surface area contributed by atoms with E-state index in [-0.39, 0.29) is 0 Å². The Morgan fingerprint density at radius 2 is 1.78 bits per heavy atom. The van der Waals surface area contributed by atoms with Gasteiger partial charge >= 0.3 is 0 Å². The summed E-state index contributed by atoms with van der Waals surface area (Å²) in [5.41, 5.74) is 0.550. The summed E-state index contributed by atoms with van der Waals surface area (Å²) in [7, 11) is 0. The van der Waals surface area contributed by atoms with Gasteiger partial charge in [-0.15, -0.1) is 0 Å². The molecule has 1 heteroatoms. The summed E-state index contributed by atoms with van der Waals surface area (Å²) in [6, 6.07) is 0. The van der Waals surface area contributed by atoms with Crippen LogP contribution in [0.15, 0.2) is 0 Å². The maximum Gasteiger partial charge on any atom is 0.0154 e. The molecule has 1 aliphatic carbocycles. The lowest BCUT2D eigenvalue weighted by molar-refractivity contribution is 0.559. The van der Waals surface area contributed by atoms with Crippen LogP contribution in [0.3, 0.4) is 0 Å². The van der Waals surface area contributed by atoms with Crippen molar-refractivity contribution in [3.05, 3.63) is 0 Å². The molecule has 56 valence electrons. The van der Waals surface area contributed by atoms with Crippen molar-refractivity contribution in [1.29, 1.82) is 0 Å². The van der Waals surface area contributed by atoms with Crippen molar-refractivity contribution in [2.45, 2.75) is 46.1 Å². The molecule has 0 radical (unpaired) electrons. The molecule has 0 aliphatic heterocycles. The highest BCUT2D eigenvalue weighted by molar-refractivity contribution is 4.96. The van der Waals surface area contributed by atoms with Crippen molar-refractivity contribution >= 4 is 0 Å². The lowest BCUT2D eigenvalue weighted by atomic mass is 10.3. The van der Waals surface area contributed by atoms with E-state index >= 15 is 0 Å². The van der Waals surface area contributed by atoms with Crippen molar-refractivity contribution < 1.29 is 0 Å². The molecule has 0 saturated heterocycles. The first-order valence-corrected chi connectivity index (χ1v) is 4.02. The molecule has 1 N–H and O–H groups in total. The fourth-order valence-corrected chi connectivity index (χ4v) is 0.791. The largest absolute Gasteiger partial charge is 0.312 e. The van der Waals surface area contributed by atoms with Crippen molar-refractivity contribution in [3.8, 4) is 0 Å². The fraction of sp³-hybridized carbons (Fsp3) is 1.00. The number of hydrogen-bond donors (Lipinski definition) is 1. The third-order valence-corrected chi connectivity index (χ3v) is 1.60. The lowest BCUT2D eigenvalue weighted by Crippen LogP contribution is -2.26. The van der Waals surface area contributed by atoms with Crippen LogP contribution in [-0.4, -0.2) is 12.1 Å². The molecule has 9 heavy (non-hydrogen) atoms. The second-order valence-electron chi connectivity index (χ2n) is 2.59. The van der Waals surface area contributed by atoms with Gasteiger partial charge in [0.2, 0.25) is 0 Å². The van der Waals surface area contributed by atoms with Gasteiger partial charge in [0.15, 0.2) is 0 Å². The molecule has 1 nitrogen and oxygen atoms in total. The molecule has 0 aromatic heterocycles. The number of rotatable bonds is 2. The smallest absolute Gasteiger partial charge is 0.0154 e. The summed E-state index contributed by atoms with van der Waals surface area (Å²) in [6.45, 7) is 9.55. The van der Waals surface area contributed by atoms with Crippen LogP contribution in [0.1, 0.15) is 40.5 Å². The van der Waals surface area contributed by atoms with Crippen LogP contribution in [0.25, 0.3) is 0 Å². The predicted octanol–water partition coefficient (Wildman–Crippen LogP) is 2.17. The van der Waals surface area contributed by atoms with E-state index in [1.807, 2.05) is 13.8 Å². The Bertz CT molecular complexity index is 65.0. The molecule has 1 rings (SSSR count). The number of nitrogens with one attached hydrogen (secondary N) is 1. The summed E-state index contributed by atoms with van der Waals surface area (Å²) < 4.78 is 0. The summed E-state index contributed by atoms with van der Waals surface area (Å²) in [4.78, 5) is 0. The summed E-state index contributed by atoms with van der Waals surface area (Å²) in [5, 5.41) is 3.40. The van der Waals surface area contributed by atoms with Gasteiger partial charge in [0.25, 0.3) is 0 Å². The van der Waals surface area contributed by atoms with E-state index in [0.717, 1.165) is 6.54 Å². The topological polar surface area (TPSA) is 12.0 Å².